The number of hydrogen-bond acceptors (Lipinski definition) is 2. The number of benzene rings is 2. The lowest BCUT2D eigenvalue weighted by molar-refractivity contribution is -0.137. The zero-order chi connectivity index (χ0) is 15.5. The van der Waals surface area contributed by atoms with Crippen molar-refractivity contribution in [2.24, 2.45) is 5.10 Å². The van der Waals surface area contributed by atoms with Crippen molar-refractivity contribution >= 4 is 35.1 Å². The van der Waals surface area contributed by atoms with E-state index in [1.165, 1.54) is 24.3 Å². The van der Waals surface area contributed by atoms with E-state index in [4.69, 9.17) is 23.2 Å². The van der Waals surface area contributed by atoms with E-state index in [0.717, 1.165) is 12.3 Å². The molecule has 0 radical (unpaired) electrons. The summed E-state index contributed by atoms with van der Waals surface area (Å²) >= 11 is 11.6. The highest BCUT2D eigenvalue weighted by Gasteiger charge is 2.32. The van der Waals surface area contributed by atoms with Crippen LogP contribution in [0.5, 0.6) is 0 Å². The number of hydrogen-bond donors (Lipinski definition) is 1. The zero-order valence-corrected chi connectivity index (χ0v) is 12.0. The van der Waals surface area contributed by atoms with E-state index in [9.17, 15) is 13.2 Å². The molecule has 2 aromatic carbocycles. The van der Waals surface area contributed by atoms with Crippen molar-refractivity contribution in [1.29, 1.82) is 0 Å². The minimum atomic E-state index is -4.43. The zero-order valence-electron chi connectivity index (χ0n) is 10.5. The molecule has 0 aromatic heterocycles. The molecule has 0 aliphatic carbocycles. The summed E-state index contributed by atoms with van der Waals surface area (Å²) in [6.45, 7) is 0. The number of nitrogens with one attached hydrogen (secondary N) is 1. The summed E-state index contributed by atoms with van der Waals surface area (Å²) in [5.41, 5.74) is 2.28. The van der Waals surface area contributed by atoms with Crippen molar-refractivity contribution in [2.75, 3.05) is 5.43 Å². The van der Waals surface area contributed by atoms with E-state index in [-0.39, 0.29) is 5.56 Å². The van der Waals surface area contributed by atoms with Gasteiger partial charge in [0.2, 0.25) is 0 Å². The van der Waals surface area contributed by atoms with Crippen LogP contribution < -0.4 is 5.43 Å². The van der Waals surface area contributed by atoms with E-state index in [1.54, 1.807) is 12.1 Å². The second kappa shape index (κ2) is 6.37. The van der Waals surface area contributed by atoms with Crippen LogP contribution >= 0.6 is 23.2 Å². The third-order valence-electron chi connectivity index (χ3n) is 2.53. The standard InChI is InChI=1S/C14H9Cl2F3N2/c15-10-5-11(16)7-12(6-10)21-20-8-9-3-1-2-4-13(9)14(17,18)19/h1-8,21H. The summed E-state index contributed by atoms with van der Waals surface area (Å²) in [5.74, 6) is 0. The number of nitrogens with zero attached hydrogens (tertiary/aromatic N) is 1. The summed E-state index contributed by atoms with van der Waals surface area (Å²) < 4.78 is 38.4. The van der Waals surface area contributed by atoms with Crippen LogP contribution in [0.2, 0.25) is 10.0 Å². The Morgan fingerprint density at radius 1 is 1.00 bits per heavy atom. The average Bonchev–Trinajstić information content (AvgIpc) is 2.37. The highest BCUT2D eigenvalue weighted by molar-refractivity contribution is 6.35. The normalized spacial score (nSPS) is 11.9. The lowest BCUT2D eigenvalue weighted by Crippen LogP contribution is -2.08. The quantitative estimate of drug-likeness (QED) is 0.585. The fourth-order valence-electron chi connectivity index (χ4n) is 1.66. The molecule has 0 amide bonds. The van der Waals surface area contributed by atoms with Crippen molar-refractivity contribution in [3.8, 4) is 0 Å². The van der Waals surface area contributed by atoms with Crippen LogP contribution in [-0.4, -0.2) is 6.21 Å². The van der Waals surface area contributed by atoms with E-state index in [1.807, 2.05) is 0 Å². The molecule has 2 rings (SSSR count). The van der Waals surface area contributed by atoms with Crippen molar-refractivity contribution in [3.05, 3.63) is 63.6 Å². The van der Waals surface area contributed by atoms with Crippen molar-refractivity contribution < 1.29 is 13.2 Å². The van der Waals surface area contributed by atoms with Crippen molar-refractivity contribution in [2.45, 2.75) is 6.18 Å². The van der Waals surface area contributed by atoms with Gasteiger partial charge in [-0.3, -0.25) is 5.43 Å². The van der Waals surface area contributed by atoms with Crippen LogP contribution in [0, 0.1) is 0 Å². The predicted octanol–water partition coefficient (Wildman–Crippen LogP) is 5.46. The van der Waals surface area contributed by atoms with Gasteiger partial charge in [-0.2, -0.15) is 18.3 Å². The molecule has 0 atom stereocenters. The van der Waals surface area contributed by atoms with Gasteiger partial charge in [0.05, 0.1) is 17.5 Å². The summed E-state index contributed by atoms with van der Waals surface area (Å²) in [5, 5.41) is 4.57. The van der Waals surface area contributed by atoms with Crippen LogP contribution in [-0.2, 0) is 6.18 Å². The molecule has 0 unspecified atom stereocenters. The molecule has 110 valence electrons. The Hall–Kier alpha value is -1.72. The lowest BCUT2D eigenvalue weighted by atomic mass is 10.1. The Balaban J connectivity index is 2.19. The molecule has 1 N–H and O–H groups in total. The van der Waals surface area contributed by atoms with Gasteiger partial charge in [-0.25, -0.2) is 0 Å². The van der Waals surface area contributed by atoms with E-state index in [0.29, 0.717) is 15.7 Å². The molecule has 21 heavy (non-hydrogen) atoms. The Labute approximate surface area is 129 Å². The molecular weight excluding hydrogens is 324 g/mol. The Morgan fingerprint density at radius 3 is 2.24 bits per heavy atom. The lowest BCUT2D eigenvalue weighted by Gasteiger charge is -2.09. The van der Waals surface area contributed by atoms with Gasteiger partial charge >= 0.3 is 6.18 Å². The maximum absolute atomic E-state index is 12.8. The number of halogens is 5. The van der Waals surface area contributed by atoms with Gasteiger partial charge < -0.3 is 0 Å². The van der Waals surface area contributed by atoms with Gasteiger partial charge in [0, 0.05) is 15.6 Å². The molecule has 0 fully saturated rings. The number of alkyl halides is 3. The van der Waals surface area contributed by atoms with Crippen LogP contribution in [0.3, 0.4) is 0 Å². The predicted molar refractivity (Wildman–Crippen MR) is 79.1 cm³/mol. The first-order valence-corrected chi connectivity index (χ1v) is 6.53. The first kappa shape index (κ1) is 15.7. The molecule has 0 saturated heterocycles. The largest absolute Gasteiger partial charge is 0.417 e. The third-order valence-corrected chi connectivity index (χ3v) is 2.96. The second-order valence-electron chi connectivity index (χ2n) is 4.11. The number of hydrazone groups is 1. The van der Waals surface area contributed by atoms with E-state index in [2.05, 4.69) is 10.5 Å². The fourth-order valence-corrected chi connectivity index (χ4v) is 2.19. The molecule has 7 heteroatoms. The topological polar surface area (TPSA) is 24.4 Å². The number of rotatable bonds is 3. The molecule has 0 spiro atoms. The molecule has 0 aliphatic rings. The third kappa shape index (κ3) is 4.37. The molecule has 0 heterocycles. The van der Waals surface area contributed by atoms with Crippen molar-refractivity contribution in [1.82, 2.24) is 0 Å². The first-order chi connectivity index (χ1) is 9.86. The molecule has 2 nitrogen and oxygen atoms in total. The Morgan fingerprint density at radius 2 is 1.62 bits per heavy atom. The average molecular weight is 333 g/mol. The Kier molecular flexibility index (Phi) is 4.75. The van der Waals surface area contributed by atoms with E-state index < -0.39 is 11.7 Å². The van der Waals surface area contributed by atoms with Crippen molar-refractivity contribution in [3.63, 3.8) is 0 Å². The molecular formula is C14H9Cl2F3N2. The minimum absolute atomic E-state index is 0.0365. The van der Waals surface area contributed by atoms with Gasteiger partial charge in [-0.05, 0) is 24.3 Å². The highest BCUT2D eigenvalue weighted by Crippen LogP contribution is 2.31. The van der Waals surface area contributed by atoms with Crippen LogP contribution in [0.25, 0.3) is 0 Å². The molecule has 0 bridgehead atoms. The maximum atomic E-state index is 12.8. The fraction of sp³-hybridized carbons (Fsp3) is 0.0714. The van der Waals surface area contributed by atoms with Gasteiger partial charge in [0.1, 0.15) is 0 Å². The summed E-state index contributed by atoms with van der Waals surface area (Å²) in [4.78, 5) is 0. The monoisotopic (exact) mass is 332 g/mol. The first-order valence-electron chi connectivity index (χ1n) is 5.77. The number of anilines is 1. The van der Waals surface area contributed by atoms with Crippen LogP contribution in [0.15, 0.2) is 47.6 Å². The summed E-state index contributed by atoms with van der Waals surface area (Å²) in [7, 11) is 0. The van der Waals surface area contributed by atoms with Crippen LogP contribution in [0.1, 0.15) is 11.1 Å². The highest BCUT2D eigenvalue weighted by atomic mass is 35.5. The van der Waals surface area contributed by atoms with Gasteiger partial charge in [0.25, 0.3) is 0 Å². The smallest absolute Gasteiger partial charge is 0.278 e. The van der Waals surface area contributed by atoms with Gasteiger partial charge in [-0.1, -0.05) is 41.4 Å². The van der Waals surface area contributed by atoms with E-state index >= 15 is 0 Å². The summed E-state index contributed by atoms with van der Waals surface area (Å²) in [6.07, 6.45) is -3.33. The molecule has 0 aliphatic heterocycles. The molecule has 2 aromatic rings. The van der Waals surface area contributed by atoms with Gasteiger partial charge in [-0.15, -0.1) is 0 Å². The second-order valence-corrected chi connectivity index (χ2v) is 4.99. The van der Waals surface area contributed by atoms with Gasteiger partial charge in [0.15, 0.2) is 0 Å². The minimum Gasteiger partial charge on any atom is -0.278 e. The Bertz CT molecular complexity index is 649. The maximum Gasteiger partial charge on any atom is 0.417 e. The van der Waals surface area contributed by atoms with Crippen LogP contribution in [0.4, 0.5) is 18.9 Å². The molecule has 0 saturated carbocycles. The summed E-state index contributed by atoms with van der Waals surface area (Å²) in [6, 6.07) is 9.81. The SMILES string of the molecule is FC(F)(F)c1ccccc1C=NNc1cc(Cl)cc(Cl)c1.